The molecule has 2 aromatic rings. The quantitative estimate of drug-likeness (QED) is 0.767. The van der Waals surface area contributed by atoms with E-state index in [1.165, 1.54) is 0 Å². The van der Waals surface area contributed by atoms with Crippen molar-refractivity contribution in [1.29, 1.82) is 0 Å². The van der Waals surface area contributed by atoms with Crippen LogP contribution in [-0.4, -0.2) is 18.5 Å². The third-order valence-corrected chi connectivity index (χ3v) is 4.20. The van der Waals surface area contributed by atoms with Crippen molar-refractivity contribution < 1.29 is 19.1 Å². The van der Waals surface area contributed by atoms with Crippen molar-refractivity contribution in [3.8, 4) is 0 Å². The lowest BCUT2D eigenvalue weighted by Crippen LogP contribution is -2.16. The number of hydrogen-bond acceptors (Lipinski definition) is 5. The first kappa shape index (κ1) is 17.2. The van der Waals surface area contributed by atoms with Crippen molar-refractivity contribution in [1.82, 2.24) is 0 Å². The van der Waals surface area contributed by atoms with Gasteiger partial charge in [-0.3, -0.25) is 0 Å². The summed E-state index contributed by atoms with van der Waals surface area (Å²) in [6.45, 7) is 1.93. The zero-order valence-corrected chi connectivity index (χ0v) is 15.1. The smallest absolute Gasteiger partial charge is 0.356 e. The van der Waals surface area contributed by atoms with Gasteiger partial charge in [0, 0.05) is 10.2 Å². The number of nitrogens with one attached hydrogen (secondary N) is 1. The van der Waals surface area contributed by atoms with Gasteiger partial charge < -0.3 is 14.8 Å². The summed E-state index contributed by atoms with van der Waals surface area (Å²) < 4.78 is 11.5. The summed E-state index contributed by atoms with van der Waals surface area (Å²) in [4.78, 5) is 24.9. The second kappa shape index (κ2) is 7.53. The molecule has 1 unspecified atom stereocenters. The fraction of sp³-hybridized carbons (Fsp3) is 0.158. The van der Waals surface area contributed by atoms with Gasteiger partial charge in [0.1, 0.15) is 11.3 Å². The van der Waals surface area contributed by atoms with E-state index in [0.717, 1.165) is 4.47 Å². The highest BCUT2D eigenvalue weighted by atomic mass is 79.9. The molecule has 3 rings (SSSR count). The van der Waals surface area contributed by atoms with Gasteiger partial charge in [0.15, 0.2) is 6.10 Å². The van der Waals surface area contributed by atoms with Crippen LogP contribution in [0.2, 0.25) is 0 Å². The maximum absolute atomic E-state index is 12.5. The summed E-state index contributed by atoms with van der Waals surface area (Å²) in [5, 5.41) is 2.99. The minimum absolute atomic E-state index is 0.109. The maximum atomic E-state index is 12.5. The van der Waals surface area contributed by atoms with Crippen LogP contribution in [0.5, 0.6) is 0 Å². The molecule has 0 saturated carbocycles. The second-order valence-electron chi connectivity index (χ2n) is 5.34. The van der Waals surface area contributed by atoms with Gasteiger partial charge in [0.25, 0.3) is 0 Å². The van der Waals surface area contributed by atoms with Crippen molar-refractivity contribution in [3.63, 3.8) is 0 Å². The van der Waals surface area contributed by atoms with E-state index in [9.17, 15) is 9.59 Å². The SMILES string of the molecule is CCOC(=O)C1=C(Nc2ccccc2)C(=O)OC1c1ccc(Br)cc1. The van der Waals surface area contributed by atoms with Crippen LogP contribution in [0, 0.1) is 0 Å². The highest BCUT2D eigenvalue weighted by molar-refractivity contribution is 9.10. The van der Waals surface area contributed by atoms with E-state index < -0.39 is 18.0 Å². The Hall–Kier alpha value is -2.60. The summed E-state index contributed by atoms with van der Waals surface area (Å²) >= 11 is 3.37. The number of cyclic esters (lactones) is 1. The largest absolute Gasteiger partial charge is 0.462 e. The summed E-state index contributed by atoms with van der Waals surface area (Å²) in [7, 11) is 0. The Kier molecular flexibility index (Phi) is 5.19. The Balaban J connectivity index is 2.02. The van der Waals surface area contributed by atoms with Crippen LogP contribution in [0.25, 0.3) is 0 Å². The first-order valence-corrected chi connectivity index (χ1v) is 8.59. The van der Waals surface area contributed by atoms with Crippen LogP contribution < -0.4 is 5.32 Å². The Morgan fingerprint density at radius 2 is 1.84 bits per heavy atom. The van der Waals surface area contributed by atoms with Gasteiger partial charge >= 0.3 is 11.9 Å². The lowest BCUT2D eigenvalue weighted by molar-refractivity contribution is -0.142. The fourth-order valence-corrected chi connectivity index (χ4v) is 2.80. The van der Waals surface area contributed by atoms with Crippen LogP contribution >= 0.6 is 15.9 Å². The molecule has 1 atom stereocenters. The van der Waals surface area contributed by atoms with Gasteiger partial charge in [-0.15, -0.1) is 0 Å². The molecule has 0 saturated heterocycles. The van der Waals surface area contributed by atoms with E-state index in [4.69, 9.17) is 9.47 Å². The predicted octanol–water partition coefficient (Wildman–Crippen LogP) is 3.98. The lowest BCUT2D eigenvalue weighted by atomic mass is 10.0. The fourth-order valence-electron chi connectivity index (χ4n) is 2.54. The van der Waals surface area contributed by atoms with Crippen molar-refractivity contribution in [2.45, 2.75) is 13.0 Å². The van der Waals surface area contributed by atoms with E-state index in [0.29, 0.717) is 11.3 Å². The molecule has 1 aliphatic heterocycles. The standard InChI is InChI=1S/C19H16BrNO4/c1-2-24-18(22)15-16(21-14-6-4-3-5-7-14)19(23)25-17(15)12-8-10-13(20)11-9-12/h3-11,17,21H,2H2,1H3. The number of ether oxygens (including phenoxy) is 2. The number of para-hydroxylation sites is 1. The molecule has 0 radical (unpaired) electrons. The molecule has 0 aromatic heterocycles. The third-order valence-electron chi connectivity index (χ3n) is 3.67. The zero-order chi connectivity index (χ0) is 17.8. The summed E-state index contributed by atoms with van der Waals surface area (Å²) in [5.41, 5.74) is 1.67. The van der Waals surface area contributed by atoms with Crippen molar-refractivity contribution in [3.05, 3.63) is 75.9 Å². The van der Waals surface area contributed by atoms with Gasteiger partial charge in [-0.05, 0) is 36.8 Å². The van der Waals surface area contributed by atoms with Crippen LogP contribution in [0.1, 0.15) is 18.6 Å². The van der Waals surface area contributed by atoms with E-state index in [1.807, 2.05) is 30.3 Å². The molecule has 1 N–H and O–H groups in total. The average molecular weight is 402 g/mol. The molecule has 128 valence electrons. The number of hydrogen-bond donors (Lipinski definition) is 1. The molecule has 25 heavy (non-hydrogen) atoms. The van der Waals surface area contributed by atoms with Crippen molar-refractivity contribution in [2.24, 2.45) is 0 Å². The summed E-state index contributed by atoms with van der Waals surface area (Å²) in [5.74, 6) is -1.15. The van der Waals surface area contributed by atoms with E-state index in [2.05, 4.69) is 21.2 Å². The predicted molar refractivity (Wildman–Crippen MR) is 96.7 cm³/mol. The van der Waals surface area contributed by atoms with E-state index >= 15 is 0 Å². The monoisotopic (exact) mass is 401 g/mol. The topological polar surface area (TPSA) is 64.6 Å². The molecule has 6 heteroatoms. The Morgan fingerprint density at radius 3 is 2.48 bits per heavy atom. The summed E-state index contributed by atoms with van der Waals surface area (Å²) in [6.07, 6.45) is -0.800. The van der Waals surface area contributed by atoms with Gasteiger partial charge in [-0.2, -0.15) is 0 Å². The van der Waals surface area contributed by atoms with Gasteiger partial charge in [-0.25, -0.2) is 9.59 Å². The Labute approximate surface area is 153 Å². The van der Waals surface area contributed by atoms with Crippen LogP contribution in [0.4, 0.5) is 5.69 Å². The number of carbonyl (C=O) groups is 2. The number of benzene rings is 2. The highest BCUT2D eigenvalue weighted by Crippen LogP contribution is 2.36. The molecule has 0 fully saturated rings. The molecular formula is C19H16BrNO4. The number of anilines is 1. The number of carbonyl (C=O) groups excluding carboxylic acids is 2. The van der Waals surface area contributed by atoms with E-state index in [-0.39, 0.29) is 17.9 Å². The lowest BCUT2D eigenvalue weighted by Gasteiger charge is -2.13. The maximum Gasteiger partial charge on any atom is 0.356 e. The van der Waals surface area contributed by atoms with Crippen molar-refractivity contribution in [2.75, 3.05) is 11.9 Å². The zero-order valence-electron chi connectivity index (χ0n) is 13.5. The minimum atomic E-state index is -0.800. The van der Waals surface area contributed by atoms with Crippen LogP contribution in [-0.2, 0) is 19.1 Å². The van der Waals surface area contributed by atoms with Gasteiger partial charge in [-0.1, -0.05) is 46.3 Å². The van der Waals surface area contributed by atoms with E-state index in [1.54, 1.807) is 31.2 Å². The van der Waals surface area contributed by atoms with Gasteiger partial charge in [0.2, 0.25) is 0 Å². The molecule has 1 heterocycles. The molecule has 0 bridgehead atoms. The average Bonchev–Trinajstić information content (AvgIpc) is 2.93. The third kappa shape index (κ3) is 3.74. The first-order valence-electron chi connectivity index (χ1n) is 7.80. The normalized spacial score (nSPS) is 16.6. The number of esters is 2. The van der Waals surface area contributed by atoms with Crippen LogP contribution in [0.3, 0.4) is 0 Å². The Bertz CT molecular complexity index is 815. The van der Waals surface area contributed by atoms with Gasteiger partial charge in [0.05, 0.1) is 6.61 Å². The van der Waals surface area contributed by atoms with Crippen molar-refractivity contribution >= 4 is 33.6 Å². The molecule has 2 aromatic carbocycles. The number of halogens is 1. The Morgan fingerprint density at radius 1 is 1.16 bits per heavy atom. The highest BCUT2D eigenvalue weighted by Gasteiger charge is 2.40. The molecule has 0 amide bonds. The first-order chi connectivity index (χ1) is 12.1. The second-order valence-corrected chi connectivity index (χ2v) is 6.25. The molecular weight excluding hydrogens is 386 g/mol. The number of rotatable bonds is 5. The minimum Gasteiger partial charge on any atom is -0.462 e. The molecule has 0 aliphatic carbocycles. The van der Waals surface area contributed by atoms with Crippen LogP contribution in [0.15, 0.2) is 70.3 Å². The summed E-state index contributed by atoms with van der Waals surface area (Å²) in [6, 6.07) is 16.4. The molecule has 0 spiro atoms. The molecule has 1 aliphatic rings. The molecule has 5 nitrogen and oxygen atoms in total.